The molecule has 1 aromatic carbocycles. The Balaban J connectivity index is 2.44. The molecule has 0 bridgehead atoms. The van der Waals surface area contributed by atoms with Crippen LogP contribution < -0.4 is 5.32 Å². The number of benzene rings is 1. The van der Waals surface area contributed by atoms with E-state index < -0.39 is 11.4 Å². The number of carbonyl (C=O) groups is 2. The summed E-state index contributed by atoms with van der Waals surface area (Å²) in [5.41, 5.74) is -0.569. The number of halogens is 1. The lowest BCUT2D eigenvalue weighted by molar-refractivity contribution is -0.137. The highest BCUT2D eigenvalue weighted by atomic mass is 19.1. The Kier molecular flexibility index (Phi) is 6.34. The lowest BCUT2D eigenvalue weighted by atomic mass is 9.83. The fraction of sp³-hybridized carbons (Fsp3) is 0.500. The molecule has 0 aliphatic carbocycles. The first-order valence-electron chi connectivity index (χ1n) is 7.11. The third-order valence-electron chi connectivity index (χ3n) is 3.47. The fourth-order valence-electron chi connectivity index (χ4n) is 2.09. The first-order chi connectivity index (χ1) is 9.85. The summed E-state index contributed by atoms with van der Waals surface area (Å²) in [6.07, 6.45) is 2.20. The van der Waals surface area contributed by atoms with E-state index in [2.05, 4.69) is 5.32 Å². The lowest BCUT2D eigenvalue weighted by Crippen LogP contribution is -2.41. The van der Waals surface area contributed by atoms with Crippen LogP contribution in [0.4, 0.5) is 4.39 Å². The number of hydrogen-bond donors (Lipinski definition) is 2. The number of rotatable bonds is 8. The van der Waals surface area contributed by atoms with Crippen LogP contribution in [0.5, 0.6) is 0 Å². The van der Waals surface area contributed by atoms with Gasteiger partial charge in [-0.2, -0.15) is 0 Å². The number of unbranched alkanes of at least 4 members (excludes halogenated alkanes) is 2. The Hall–Kier alpha value is -1.91. The Labute approximate surface area is 124 Å². The lowest BCUT2D eigenvalue weighted by Gasteiger charge is -2.24. The van der Waals surface area contributed by atoms with Crippen LogP contribution in [-0.4, -0.2) is 23.5 Å². The predicted octanol–water partition coefficient (Wildman–Crippen LogP) is 2.86. The van der Waals surface area contributed by atoms with Crippen molar-refractivity contribution in [3.8, 4) is 0 Å². The van der Waals surface area contributed by atoms with Crippen molar-refractivity contribution in [2.24, 2.45) is 0 Å². The molecule has 0 atom stereocenters. The van der Waals surface area contributed by atoms with Crippen LogP contribution in [0.1, 0.15) is 45.1 Å². The Morgan fingerprint density at radius 1 is 1.19 bits per heavy atom. The van der Waals surface area contributed by atoms with E-state index in [4.69, 9.17) is 5.11 Å². The molecule has 0 aliphatic heterocycles. The number of hydrogen-bond acceptors (Lipinski definition) is 2. The molecule has 0 aliphatic rings. The molecule has 0 unspecified atom stereocenters. The minimum absolute atomic E-state index is 0.147. The van der Waals surface area contributed by atoms with E-state index >= 15 is 0 Å². The van der Waals surface area contributed by atoms with Crippen molar-refractivity contribution in [2.75, 3.05) is 6.54 Å². The summed E-state index contributed by atoms with van der Waals surface area (Å²) in [6, 6.07) is 6.26. The van der Waals surface area contributed by atoms with Crippen LogP contribution >= 0.6 is 0 Å². The van der Waals surface area contributed by atoms with Crippen LogP contribution in [-0.2, 0) is 15.0 Å². The van der Waals surface area contributed by atoms with Crippen LogP contribution in [0.2, 0.25) is 0 Å². The number of carboxylic acid groups (broad SMARTS) is 1. The maximum absolute atomic E-state index is 13.8. The van der Waals surface area contributed by atoms with Gasteiger partial charge in [0.25, 0.3) is 0 Å². The van der Waals surface area contributed by atoms with Gasteiger partial charge in [0, 0.05) is 18.5 Å². The summed E-state index contributed by atoms with van der Waals surface area (Å²) in [6.45, 7) is 3.84. The third kappa shape index (κ3) is 5.17. The second-order valence-corrected chi connectivity index (χ2v) is 5.57. The molecule has 0 saturated carbocycles. The third-order valence-corrected chi connectivity index (χ3v) is 3.47. The van der Waals surface area contributed by atoms with E-state index in [1.807, 2.05) is 0 Å². The molecular formula is C16H22FNO3. The van der Waals surface area contributed by atoms with Gasteiger partial charge in [0.05, 0.1) is 5.41 Å². The maximum Gasteiger partial charge on any atom is 0.303 e. The van der Waals surface area contributed by atoms with E-state index in [0.717, 1.165) is 6.42 Å². The quantitative estimate of drug-likeness (QED) is 0.725. The van der Waals surface area contributed by atoms with Crippen molar-refractivity contribution >= 4 is 11.9 Å². The highest BCUT2D eigenvalue weighted by molar-refractivity contribution is 5.87. The summed E-state index contributed by atoms with van der Waals surface area (Å²) in [5, 5.41) is 11.3. The molecule has 0 saturated heterocycles. The zero-order valence-electron chi connectivity index (χ0n) is 12.5. The predicted molar refractivity (Wildman–Crippen MR) is 78.5 cm³/mol. The van der Waals surface area contributed by atoms with Crippen LogP contribution in [0.25, 0.3) is 0 Å². The standard InChI is InChI=1S/C16H22FNO3/c1-16(2,12-8-5-6-9-13(12)17)15(21)18-11-7-3-4-10-14(19)20/h5-6,8-9H,3-4,7,10-11H2,1-2H3,(H,18,21)(H,19,20). The van der Waals surface area contributed by atoms with Crippen LogP contribution in [0, 0.1) is 5.82 Å². The van der Waals surface area contributed by atoms with E-state index in [1.165, 1.54) is 6.07 Å². The minimum Gasteiger partial charge on any atom is -0.481 e. The average molecular weight is 295 g/mol. The van der Waals surface area contributed by atoms with Crippen molar-refractivity contribution in [3.05, 3.63) is 35.6 Å². The zero-order valence-corrected chi connectivity index (χ0v) is 12.5. The highest BCUT2D eigenvalue weighted by Gasteiger charge is 2.31. The fourth-order valence-corrected chi connectivity index (χ4v) is 2.09. The molecule has 21 heavy (non-hydrogen) atoms. The van der Waals surface area contributed by atoms with Gasteiger partial charge in [-0.15, -0.1) is 0 Å². The summed E-state index contributed by atoms with van der Waals surface area (Å²) in [4.78, 5) is 22.5. The van der Waals surface area contributed by atoms with E-state index in [0.29, 0.717) is 24.9 Å². The summed E-state index contributed by atoms with van der Waals surface area (Å²) >= 11 is 0. The van der Waals surface area contributed by atoms with Gasteiger partial charge in [0.15, 0.2) is 0 Å². The van der Waals surface area contributed by atoms with Crippen molar-refractivity contribution in [2.45, 2.75) is 44.9 Å². The van der Waals surface area contributed by atoms with E-state index in [9.17, 15) is 14.0 Å². The van der Waals surface area contributed by atoms with Crippen molar-refractivity contribution in [1.82, 2.24) is 5.32 Å². The van der Waals surface area contributed by atoms with Gasteiger partial charge < -0.3 is 10.4 Å². The normalized spacial score (nSPS) is 11.2. The smallest absolute Gasteiger partial charge is 0.303 e. The van der Waals surface area contributed by atoms with Gasteiger partial charge in [-0.05, 0) is 32.8 Å². The molecule has 1 amide bonds. The first kappa shape index (κ1) is 17.1. The Morgan fingerprint density at radius 2 is 1.86 bits per heavy atom. The first-order valence-corrected chi connectivity index (χ1v) is 7.11. The SMILES string of the molecule is CC(C)(C(=O)NCCCCCC(=O)O)c1ccccc1F. The summed E-state index contributed by atoms with van der Waals surface area (Å²) < 4.78 is 13.8. The van der Waals surface area contributed by atoms with Crippen molar-refractivity contribution in [3.63, 3.8) is 0 Å². The van der Waals surface area contributed by atoms with Gasteiger partial charge in [-0.25, -0.2) is 4.39 Å². The monoisotopic (exact) mass is 295 g/mol. The topological polar surface area (TPSA) is 66.4 Å². The van der Waals surface area contributed by atoms with Gasteiger partial charge in [0.1, 0.15) is 5.82 Å². The molecule has 0 fully saturated rings. The molecule has 5 heteroatoms. The molecule has 0 heterocycles. The largest absolute Gasteiger partial charge is 0.481 e. The second-order valence-electron chi connectivity index (χ2n) is 5.57. The highest BCUT2D eigenvalue weighted by Crippen LogP contribution is 2.25. The molecular weight excluding hydrogens is 273 g/mol. The molecule has 0 aromatic heterocycles. The Bertz CT molecular complexity index is 500. The van der Waals surface area contributed by atoms with Gasteiger partial charge in [-0.1, -0.05) is 24.6 Å². The Morgan fingerprint density at radius 3 is 2.48 bits per heavy atom. The number of carboxylic acids is 1. The molecule has 1 aromatic rings. The maximum atomic E-state index is 13.8. The van der Waals surface area contributed by atoms with Crippen molar-refractivity contribution in [1.29, 1.82) is 0 Å². The number of nitrogens with one attached hydrogen (secondary N) is 1. The number of amides is 1. The second kappa shape index (κ2) is 7.76. The van der Waals surface area contributed by atoms with Crippen LogP contribution in [0.15, 0.2) is 24.3 Å². The zero-order chi connectivity index (χ0) is 15.9. The van der Waals surface area contributed by atoms with Crippen molar-refractivity contribution < 1.29 is 19.1 Å². The minimum atomic E-state index is -0.938. The van der Waals surface area contributed by atoms with Gasteiger partial charge in [0.2, 0.25) is 5.91 Å². The molecule has 1 rings (SSSR count). The molecule has 4 nitrogen and oxygen atoms in total. The van der Waals surface area contributed by atoms with E-state index in [-0.39, 0.29) is 18.1 Å². The average Bonchev–Trinajstić information content (AvgIpc) is 2.42. The molecule has 0 spiro atoms. The number of aliphatic carboxylic acids is 1. The summed E-state index contributed by atoms with van der Waals surface area (Å²) in [7, 11) is 0. The molecule has 116 valence electrons. The van der Waals surface area contributed by atoms with Crippen LogP contribution in [0.3, 0.4) is 0 Å². The van der Waals surface area contributed by atoms with Gasteiger partial charge in [-0.3, -0.25) is 9.59 Å². The van der Waals surface area contributed by atoms with Gasteiger partial charge >= 0.3 is 5.97 Å². The molecule has 0 radical (unpaired) electrons. The summed E-state index contributed by atoms with van der Waals surface area (Å²) in [5.74, 6) is -1.43. The molecule has 2 N–H and O–H groups in total. The number of carbonyl (C=O) groups excluding carboxylic acids is 1. The van der Waals surface area contributed by atoms with E-state index in [1.54, 1.807) is 32.0 Å².